The molecule has 0 bridgehead atoms. The molecule has 0 atom stereocenters. The molecule has 0 aliphatic rings. The Morgan fingerprint density at radius 3 is 2.50 bits per heavy atom. The minimum Gasteiger partial charge on any atom is -0.404 e. The summed E-state index contributed by atoms with van der Waals surface area (Å²) in [6, 6.07) is 6.00. The Balaban J connectivity index is 3.15. The molecule has 0 fully saturated rings. The normalized spacial score (nSPS) is 12.6. The molecule has 0 amide bonds. The van der Waals surface area contributed by atoms with Crippen LogP contribution in [-0.4, -0.2) is 13.3 Å². The number of aliphatic imine (C=N–C) groups is 1. The number of nitrogens with two attached hydrogens (primary N) is 2. The van der Waals surface area contributed by atoms with Gasteiger partial charge in [0.2, 0.25) is 0 Å². The largest absolute Gasteiger partial charge is 0.404 e. The molecule has 0 saturated heterocycles. The first-order chi connectivity index (χ1) is 7.60. The van der Waals surface area contributed by atoms with Gasteiger partial charge in [0.25, 0.3) is 0 Å². The molecule has 3 nitrogen and oxygen atoms in total. The Labute approximate surface area is 96.9 Å². The maximum absolute atomic E-state index is 6.00. The predicted molar refractivity (Wildman–Crippen MR) is 71.5 cm³/mol. The molecule has 0 radical (unpaired) electrons. The van der Waals surface area contributed by atoms with Crippen LogP contribution < -0.4 is 11.5 Å². The molecule has 0 aliphatic carbocycles. The summed E-state index contributed by atoms with van der Waals surface area (Å²) < 4.78 is 0. The third kappa shape index (κ3) is 2.63. The van der Waals surface area contributed by atoms with Crippen LogP contribution in [0.25, 0.3) is 5.57 Å². The average Bonchev–Trinajstić information content (AvgIpc) is 2.25. The zero-order valence-corrected chi connectivity index (χ0v) is 10.1. The number of rotatable bonds is 3. The number of nitrogens with zero attached hydrogens (tertiary/aromatic N) is 1. The molecule has 0 saturated carbocycles. The lowest BCUT2D eigenvalue weighted by molar-refractivity contribution is 0.870. The Bertz CT molecular complexity index is 417. The van der Waals surface area contributed by atoms with Crippen LogP contribution in [0, 0.1) is 0 Å². The second-order valence-electron chi connectivity index (χ2n) is 4.01. The van der Waals surface area contributed by atoms with Gasteiger partial charge in [0, 0.05) is 30.7 Å². The van der Waals surface area contributed by atoms with Crippen molar-refractivity contribution in [1.29, 1.82) is 0 Å². The molecule has 1 aromatic rings. The first-order valence-corrected chi connectivity index (χ1v) is 5.34. The molecule has 0 unspecified atom stereocenters. The fourth-order valence-electron chi connectivity index (χ4n) is 1.63. The average molecular weight is 217 g/mol. The van der Waals surface area contributed by atoms with E-state index in [9.17, 15) is 0 Å². The van der Waals surface area contributed by atoms with E-state index in [0.717, 1.165) is 22.4 Å². The van der Waals surface area contributed by atoms with Crippen LogP contribution in [0.2, 0.25) is 0 Å². The van der Waals surface area contributed by atoms with Crippen LogP contribution in [0.4, 0.5) is 5.69 Å². The minimum atomic E-state index is 0.430. The second kappa shape index (κ2) is 5.35. The van der Waals surface area contributed by atoms with E-state index in [1.54, 1.807) is 13.3 Å². The SMILES string of the molecule is CN=CC(=CN)c1ccc(C(C)C)c(N)c1. The van der Waals surface area contributed by atoms with Gasteiger partial charge in [-0.1, -0.05) is 26.0 Å². The Morgan fingerprint density at radius 1 is 1.38 bits per heavy atom. The van der Waals surface area contributed by atoms with Crippen LogP contribution in [0.3, 0.4) is 0 Å². The van der Waals surface area contributed by atoms with Gasteiger partial charge >= 0.3 is 0 Å². The molecule has 4 N–H and O–H groups in total. The second-order valence-corrected chi connectivity index (χ2v) is 4.01. The topological polar surface area (TPSA) is 64.4 Å². The van der Waals surface area contributed by atoms with Crippen molar-refractivity contribution < 1.29 is 0 Å². The molecule has 3 heteroatoms. The van der Waals surface area contributed by atoms with Gasteiger partial charge in [-0.15, -0.1) is 0 Å². The van der Waals surface area contributed by atoms with E-state index < -0.39 is 0 Å². The third-order valence-electron chi connectivity index (χ3n) is 2.49. The summed E-state index contributed by atoms with van der Waals surface area (Å²) in [7, 11) is 1.72. The van der Waals surface area contributed by atoms with Crippen LogP contribution in [0.15, 0.2) is 29.4 Å². The number of hydrogen-bond donors (Lipinski definition) is 2. The van der Waals surface area contributed by atoms with E-state index in [4.69, 9.17) is 11.5 Å². The molecule has 16 heavy (non-hydrogen) atoms. The van der Waals surface area contributed by atoms with E-state index >= 15 is 0 Å². The van der Waals surface area contributed by atoms with Crippen LogP contribution in [0.5, 0.6) is 0 Å². The molecule has 0 spiro atoms. The predicted octanol–water partition coefficient (Wildman–Crippen LogP) is 2.39. The lowest BCUT2D eigenvalue weighted by atomic mass is 9.97. The van der Waals surface area contributed by atoms with Gasteiger partial charge in [0.05, 0.1) is 0 Å². The highest BCUT2D eigenvalue weighted by Crippen LogP contribution is 2.25. The van der Waals surface area contributed by atoms with Gasteiger partial charge in [-0.05, 0) is 23.1 Å². The number of benzene rings is 1. The maximum atomic E-state index is 6.00. The smallest absolute Gasteiger partial charge is 0.0355 e. The number of nitrogen functional groups attached to an aromatic ring is 1. The van der Waals surface area contributed by atoms with E-state index in [0.29, 0.717) is 5.92 Å². The number of hydrogen-bond acceptors (Lipinski definition) is 3. The summed E-state index contributed by atoms with van der Waals surface area (Å²) >= 11 is 0. The minimum absolute atomic E-state index is 0.430. The van der Waals surface area contributed by atoms with E-state index in [1.165, 1.54) is 6.20 Å². The summed E-state index contributed by atoms with van der Waals surface area (Å²) in [6.07, 6.45) is 3.26. The van der Waals surface area contributed by atoms with Crippen molar-refractivity contribution >= 4 is 17.5 Å². The summed E-state index contributed by atoms with van der Waals surface area (Å²) in [4.78, 5) is 3.96. The van der Waals surface area contributed by atoms with Crippen LogP contribution >= 0.6 is 0 Å². The van der Waals surface area contributed by atoms with Gasteiger partial charge in [0.1, 0.15) is 0 Å². The summed E-state index contributed by atoms with van der Waals surface area (Å²) in [5.74, 6) is 0.430. The highest BCUT2D eigenvalue weighted by atomic mass is 14.6. The molecule has 0 aromatic heterocycles. The maximum Gasteiger partial charge on any atom is 0.0355 e. The van der Waals surface area contributed by atoms with Crippen molar-refractivity contribution in [3.05, 3.63) is 35.5 Å². The van der Waals surface area contributed by atoms with Crippen molar-refractivity contribution in [3.63, 3.8) is 0 Å². The fourth-order valence-corrected chi connectivity index (χ4v) is 1.63. The number of allylic oxidation sites excluding steroid dienone is 1. The first kappa shape index (κ1) is 12.3. The molecule has 0 heterocycles. The van der Waals surface area contributed by atoms with E-state index in [2.05, 4.69) is 18.8 Å². The van der Waals surface area contributed by atoms with Crippen LogP contribution in [0.1, 0.15) is 30.9 Å². The molecule has 0 aliphatic heterocycles. The van der Waals surface area contributed by atoms with Gasteiger partial charge in [-0.3, -0.25) is 4.99 Å². The van der Waals surface area contributed by atoms with Crippen molar-refractivity contribution in [3.8, 4) is 0 Å². The summed E-state index contributed by atoms with van der Waals surface area (Å²) in [5.41, 5.74) is 15.4. The third-order valence-corrected chi connectivity index (χ3v) is 2.49. The quantitative estimate of drug-likeness (QED) is 0.603. The van der Waals surface area contributed by atoms with Crippen molar-refractivity contribution in [2.45, 2.75) is 19.8 Å². The highest BCUT2D eigenvalue weighted by molar-refractivity contribution is 6.09. The van der Waals surface area contributed by atoms with Crippen LogP contribution in [-0.2, 0) is 0 Å². The first-order valence-electron chi connectivity index (χ1n) is 5.34. The molecular weight excluding hydrogens is 198 g/mol. The highest BCUT2D eigenvalue weighted by Gasteiger charge is 2.06. The van der Waals surface area contributed by atoms with Gasteiger partial charge < -0.3 is 11.5 Å². The van der Waals surface area contributed by atoms with Crippen molar-refractivity contribution in [1.82, 2.24) is 0 Å². The van der Waals surface area contributed by atoms with Gasteiger partial charge in [0.15, 0.2) is 0 Å². The van der Waals surface area contributed by atoms with E-state index in [-0.39, 0.29) is 0 Å². The number of anilines is 1. The summed E-state index contributed by atoms with van der Waals surface area (Å²) in [5, 5.41) is 0. The lowest BCUT2D eigenvalue weighted by Gasteiger charge is -2.11. The van der Waals surface area contributed by atoms with Gasteiger partial charge in [-0.25, -0.2) is 0 Å². The Kier molecular flexibility index (Phi) is 4.11. The van der Waals surface area contributed by atoms with Crippen molar-refractivity contribution in [2.75, 3.05) is 12.8 Å². The van der Waals surface area contributed by atoms with Gasteiger partial charge in [-0.2, -0.15) is 0 Å². The van der Waals surface area contributed by atoms with E-state index in [1.807, 2.05) is 18.2 Å². The molecule has 86 valence electrons. The monoisotopic (exact) mass is 217 g/mol. The Hall–Kier alpha value is -1.77. The zero-order valence-electron chi connectivity index (χ0n) is 10.1. The molecular formula is C13H19N3. The van der Waals surface area contributed by atoms with Crippen molar-refractivity contribution in [2.24, 2.45) is 10.7 Å². The lowest BCUT2D eigenvalue weighted by Crippen LogP contribution is -1.99. The standard InChI is InChI=1S/C13H19N3/c1-9(2)12-5-4-10(6-13(12)15)11(7-14)8-16-3/h4-9H,14-15H2,1-3H3. The Morgan fingerprint density at radius 2 is 2.06 bits per heavy atom. The molecule has 1 aromatic carbocycles. The zero-order chi connectivity index (χ0) is 12.1. The molecule has 1 rings (SSSR count). The summed E-state index contributed by atoms with van der Waals surface area (Å²) in [6.45, 7) is 4.25. The fraction of sp³-hybridized carbons (Fsp3) is 0.308.